The maximum Gasteiger partial charge on any atom is -0.0306 e. The molecular weight excluding hydrogens is 144 g/mol. The van der Waals surface area contributed by atoms with E-state index < -0.39 is 0 Å². The minimum atomic E-state index is 0. The van der Waals surface area contributed by atoms with Crippen molar-refractivity contribution in [3.05, 3.63) is 0 Å². The zero-order valence-corrected chi connectivity index (χ0v) is 9.12. The fourth-order valence-corrected chi connectivity index (χ4v) is 0.994. The van der Waals surface area contributed by atoms with E-state index in [9.17, 15) is 0 Å². The third kappa shape index (κ3) is 4.13. The Labute approximate surface area is 79.8 Å². The van der Waals surface area contributed by atoms with Crippen LogP contribution in [0.25, 0.3) is 0 Å². The first-order valence-electron chi connectivity index (χ1n) is 4.81. The Morgan fingerprint density at radius 1 is 0.917 bits per heavy atom. The van der Waals surface area contributed by atoms with Crippen molar-refractivity contribution in [3.63, 3.8) is 0 Å². The van der Waals surface area contributed by atoms with Gasteiger partial charge in [0.2, 0.25) is 0 Å². The first-order valence-corrected chi connectivity index (χ1v) is 4.81. The average Bonchev–Trinajstić information content (AvgIpc) is 1.81. The molecule has 0 atom stereocenters. The van der Waals surface area contributed by atoms with E-state index in [1.807, 2.05) is 0 Å². The van der Waals surface area contributed by atoms with Crippen LogP contribution in [0.5, 0.6) is 0 Å². The second kappa shape index (κ2) is 4.89. The van der Waals surface area contributed by atoms with E-state index in [1.165, 1.54) is 19.3 Å². The highest BCUT2D eigenvalue weighted by molar-refractivity contribution is 4.81. The molecule has 0 aromatic heterocycles. The van der Waals surface area contributed by atoms with Crippen molar-refractivity contribution in [2.24, 2.45) is 10.8 Å². The number of unbranched alkanes of at least 4 members (excludes halogenated alkanes) is 1. The molecule has 0 saturated carbocycles. The predicted octanol–water partition coefficient (Wildman–Crippen LogP) is 4.89. The molecule has 0 rings (SSSR count). The van der Waals surface area contributed by atoms with E-state index in [-0.39, 0.29) is 7.43 Å². The molecule has 0 spiro atoms. The van der Waals surface area contributed by atoms with Crippen LogP contribution in [-0.2, 0) is 0 Å². The lowest BCUT2D eigenvalue weighted by atomic mass is 9.67. The fraction of sp³-hybridized carbons (Fsp3) is 1.00. The van der Waals surface area contributed by atoms with E-state index in [2.05, 4.69) is 41.5 Å². The molecule has 0 nitrogen and oxygen atoms in total. The largest absolute Gasteiger partial charge is 0.0776 e. The van der Waals surface area contributed by atoms with Crippen molar-refractivity contribution in [1.29, 1.82) is 0 Å². The molecule has 0 bridgehead atoms. The second-order valence-electron chi connectivity index (χ2n) is 5.24. The van der Waals surface area contributed by atoms with Gasteiger partial charge in [0.05, 0.1) is 0 Å². The highest BCUT2D eigenvalue weighted by atomic mass is 14.4. The van der Waals surface area contributed by atoms with Crippen molar-refractivity contribution >= 4 is 0 Å². The number of hydrogen-bond donors (Lipinski definition) is 0. The van der Waals surface area contributed by atoms with Crippen molar-refractivity contribution < 1.29 is 0 Å². The lowest BCUT2D eigenvalue weighted by Gasteiger charge is -2.39. The second-order valence-corrected chi connectivity index (χ2v) is 5.24. The third-order valence-electron chi connectivity index (χ3n) is 3.19. The third-order valence-corrected chi connectivity index (χ3v) is 3.19. The van der Waals surface area contributed by atoms with Gasteiger partial charge in [-0.3, -0.25) is 0 Å². The molecule has 0 aliphatic rings. The minimum absolute atomic E-state index is 0. The zero-order chi connectivity index (χ0) is 9.12. The Hall–Kier alpha value is 0. The van der Waals surface area contributed by atoms with Crippen LogP contribution in [0.3, 0.4) is 0 Å². The molecule has 0 radical (unpaired) electrons. The van der Waals surface area contributed by atoms with Gasteiger partial charge in [-0.05, 0) is 17.3 Å². The van der Waals surface area contributed by atoms with Crippen LogP contribution in [0, 0.1) is 10.8 Å². The van der Waals surface area contributed by atoms with E-state index in [0.29, 0.717) is 10.8 Å². The smallest absolute Gasteiger partial charge is 0.0306 e. The van der Waals surface area contributed by atoms with Crippen molar-refractivity contribution in [2.75, 3.05) is 0 Å². The van der Waals surface area contributed by atoms with Gasteiger partial charge in [0.1, 0.15) is 0 Å². The van der Waals surface area contributed by atoms with Crippen LogP contribution in [0.2, 0.25) is 0 Å². The van der Waals surface area contributed by atoms with Crippen molar-refractivity contribution in [1.82, 2.24) is 0 Å². The van der Waals surface area contributed by atoms with Gasteiger partial charge < -0.3 is 0 Å². The highest BCUT2D eigenvalue weighted by Crippen LogP contribution is 2.41. The van der Waals surface area contributed by atoms with E-state index >= 15 is 0 Å². The van der Waals surface area contributed by atoms with Crippen LogP contribution in [0.4, 0.5) is 0 Å². The first-order chi connectivity index (χ1) is 4.81. The SMILES string of the molecule is C.CCCCC(C)(C)C(C)(C)C. The maximum absolute atomic E-state index is 2.38. The van der Waals surface area contributed by atoms with Gasteiger partial charge in [-0.15, -0.1) is 0 Å². The summed E-state index contributed by atoms with van der Waals surface area (Å²) in [5.41, 5.74) is 0.936. The van der Waals surface area contributed by atoms with Crippen LogP contribution in [-0.4, -0.2) is 0 Å². The molecule has 0 fully saturated rings. The van der Waals surface area contributed by atoms with Gasteiger partial charge in [-0.2, -0.15) is 0 Å². The van der Waals surface area contributed by atoms with Gasteiger partial charge in [0.25, 0.3) is 0 Å². The number of hydrogen-bond acceptors (Lipinski definition) is 0. The summed E-state index contributed by atoms with van der Waals surface area (Å²) in [7, 11) is 0. The average molecular weight is 172 g/mol. The van der Waals surface area contributed by atoms with Crippen LogP contribution in [0.15, 0.2) is 0 Å². The van der Waals surface area contributed by atoms with Gasteiger partial charge in [-0.1, -0.05) is 61.8 Å². The lowest BCUT2D eigenvalue weighted by molar-refractivity contribution is 0.116. The summed E-state index contributed by atoms with van der Waals surface area (Å²) in [6, 6.07) is 0. The maximum atomic E-state index is 2.38. The Morgan fingerprint density at radius 3 is 1.58 bits per heavy atom. The molecular formula is C12H28. The monoisotopic (exact) mass is 172 g/mol. The first kappa shape index (κ1) is 14.5. The summed E-state index contributed by atoms with van der Waals surface area (Å²) in [5, 5.41) is 0. The summed E-state index contributed by atoms with van der Waals surface area (Å²) in [6.45, 7) is 14.0. The van der Waals surface area contributed by atoms with Crippen LogP contribution in [0.1, 0.15) is 68.2 Å². The van der Waals surface area contributed by atoms with Gasteiger partial charge >= 0.3 is 0 Å². The summed E-state index contributed by atoms with van der Waals surface area (Å²) in [4.78, 5) is 0. The summed E-state index contributed by atoms with van der Waals surface area (Å²) in [5.74, 6) is 0. The zero-order valence-electron chi connectivity index (χ0n) is 9.12. The molecule has 0 aliphatic carbocycles. The molecule has 0 saturated heterocycles. The molecule has 0 amide bonds. The molecule has 0 heteroatoms. The standard InChI is InChI=1S/C11H24.CH4/c1-7-8-9-11(5,6)10(2,3)4;/h7-9H2,1-6H3;1H4. The topological polar surface area (TPSA) is 0 Å². The highest BCUT2D eigenvalue weighted by Gasteiger charge is 2.31. The summed E-state index contributed by atoms with van der Waals surface area (Å²) >= 11 is 0. The molecule has 0 aromatic rings. The Kier molecular flexibility index (Phi) is 5.92. The molecule has 0 N–H and O–H groups in total. The predicted molar refractivity (Wildman–Crippen MR) is 59.5 cm³/mol. The Bertz CT molecular complexity index is 104. The Morgan fingerprint density at radius 2 is 1.33 bits per heavy atom. The molecule has 0 heterocycles. The van der Waals surface area contributed by atoms with E-state index in [1.54, 1.807) is 0 Å². The van der Waals surface area contributed by atoms with Crippen molar-refractivity contribution in [3.8, 4) is 0 Å². The number of rotatable bonds is 3. The molecule has 0 unspecified atom stereocenters. The quantitative estimate of drug-likeness (QED) is 0.569. The van der Waals surface area contributed by atoms with Crippen molar-refractivity contribution in [2.45, 2.75) is 68.2 Å². The lowest BCUT2D eigenvalue weighted by Crippen LogP contribution is -2.29. The van der Waals surface area contributed by atoms with E-state index in [0.717, 1.165) is 0 Å². The fourth-order valence-electron chi connectivity index (χ4n) is 0.994. The van der Waals surface area contributed by atoms with E-state index in [4.69, 9.17) is 0 Å². The normalized spacial score (nSPS) is 12.5. The summed E-state index contributed by atoms with van der Waals surface area (Å²) < 4.78 is 0. The summed E-state index contributed by atoms with van der Waals surface area (Å²) in [6.07, 6.45) is 4.04. The van der Waals surface area contributed by atoms with Crippen LogP contribution >= 0.6 is 0 Å². The van der Waals surface area contributed by atoms with Gasteiger partial charge in [0, 0.05) is 0 Å². The van der Waals surface area contributed by atoms with Gasteiger partial charge in [0.15, 0.2) is 0 Å². The molecule has 0 aromatic carbocycles. The molecule has 12 heavy (non-hydrogen) atoms. The van der Waals surface area contributed by atoms with Gasteiger partial charge in [-0.25, -0.2) is 0 Å². The minimum Gasteiger partial charge on any atom is -0.0776 e. The molecule has 76 valence electrons. The molecule has 0 aliphatic heterocycles. The Balaban J connectivity index is 0. The van der Waals surface area contributed by atoms with Crippen LogP contribution < -0.4 is 0 Å².